The van der Waals surface area contributed by atoms with Crippen molar-refractivity contribution in [3.8, 4) is 0 Å². The Balaban J connectivity index is 1.75. The SMILES string of the molecule is CC1=NC2=C(C(=O)CC(C)(C)C2)[C@@H](c2cccs2)C1C(=O)Nc1ccc(F)cc1. The van der Waals surface area contributed by atoms with Crippen LogP contribution in [0.15, 0.2) is 58.0 Å². The Morgan fingerprint density at radius 2 is 1.93 bits per heavy atom. The fourth-order valence-corrected chi connectivity index (χ4v) is 5.19. The second kappa shape index (κ2) is 7.34. The molecular formula is C23H23FN2O2S. The number of hydrogen-bond donors (Lipinski definition) is 1. The van der Waals surface area contributed by atoms with Crippen LogP contribution >= 0.6 is 11.3 Å². The van der Waals surface area contributed by atoms with Gasteiger partial charge in [0, 0.05) is 39.9 Å². The van der Waals surface area contributed by atoms with Crippen molar-refractivity contribution in [2.24, 2.45) is 16.3 Å². The molecule has 0 saturated heterocycles. The Labute approximate surface area is 173 Å². The van der Waals surface area contributed by atoms with Crippen molar-refractivity contribution >= 4 is 34.4 Å². The van der Waals surface area contributed by atoms with E-state index in [4.69, 9.17) is 4.99 Å². The third-order valence-corrected chi connectivity index (χ3v) is 6.50. The van der Waals surface area contributed by atoms with Crippen LogP contribution in [-0.4, -0.2) is 17.4 Å². The number of nitrogens with zero attached hydrogens (tertiary/aromatic N) is 1. The summed E-state index contributed by atoms with van der Waals surface area (Å²) in [6.45, 7) is 6.01. The van der Waals surface area contributed by atoms with Gasteiger partial charge in [-0.3, -0.25) is 14.6 Å². The summed E-state index contributed by atoms with van der Waals surface area (Å²) in [6, 6.07) is 9.59. The molecule has 0 radical (unpaired) electrons. The molecule has 0 fully saturated rings. The number of nitrogens with one attached hydrogen (secondary N) is 1. The zero-order valence-electron chi connectivity index (χ0n) is 16.7. The number of rotatable bonds is 3. The molecule has 4 rings (SSSR count). The molecule has 1 aromatic carbocycles. The average Bonchev–Trinajstić information content (AvgIpc) is 3.15. The lowest BCUT2D eigenvalue weighted by Crippen LogP contribution is -2.40. The van der Waals surface area contributed by atoms with E-state index < -0.39 is 5.92 Å². The van der Waals surface area contributed by atoms with E-state index in [1.807, 2.05) is 24.4 Å². The lowest BCUT2D eigenvalue weighted by Gasteiger charge is -2.38. The van der Waals surface area contributed by atoms with Crippen LogP contribution in [0.3, 0.4) is 0 Å². The number of anilines is 1. The molecule has 29 heavy (non-hydrogen) atoms. The summed E-state index contributed by atoms with van der Waals surface area (Å²) >= 11 is 1.55. The quantitative estimate of drug-likeness (QED) is 0.742. The van der Waals surface area contributed by atoms with Crippen LogP contribution in [0, 0.1) is 17.2 Å². The molecule has 150 valence electrons. The maximum absolute atomic E-state index is 13.3. The highest BCUT2D eigenvalue weighted by Crippen LogP contribution is 2.48. The van der Waals surface area contributed by atoms with Gasteiger partial charge in [0.15, 0.2) is 5.78 Å². The maximum atomic E-state index is 13.3. The van der Waals surface area contributed by atoms with E-state index in [-0.39, 0.29) is 28.8 Å². The van der Waals surface area contributed by atoms with E-state index in [0.29, 0.717) is 23.4 Å². The van der Waals surface area contributed by atoms with Gasteiger partial charge in [0.25, 0.3) is 0 Å². The van der Waals surface area contributed by atoms with Crippen LogP contribution in [0.5, 0.6) is 0 Å². The molecule has 0 bridgehead atoms. The number of hydrogen-bond acceptors (Lipinski definition) is 4. The minimum atomic E-state index is -0.581. The largest absolute Gasteiger partial charge is 0.325 e. The minimum Gasteiger partial charge on any atom is -0.325 e. The first kappa shape index (κ1) is 19.7. The first-order valence-electron chi connectivity index (χ1n) is 9.66. The minimum absolute atomic E-state index is 0.0745. The summed E-state index contributed by atoms with van der Waals surface area (Å²) in [6.07, 6.45) is 1.17. The normalized spacial score (nSPS) is 23.4. The van der Waals surface area contributed by atoms with E-state index >= 15 is 0 Å². The van der Waals surface area contributed by atoms with E-state index in [9.17, 15) is 14.0 Å². The van der Waals surface area contributed by atoms with Crippen LogP contribution < -0.4 is 5.32 Å². The first-order chi connectivity index (χ1) is 13.7. The topological polar surface area (TPSA) is 58.5 Å². The van der Waals surface area contributed by atoms with Gasteiger partial charge in [-0.05, 0) is 54.5 Å². The van der Waals surface area contributed by atoms with Crippen molar-refractivity contribution in [1.82, 2.24) is 0 Å². The lowest BCUT2D eigenvalue weighted by atomic mass is 9.68. The molecule has 2 aromatic rings. The number of Topliss-reactive ketones (excluding diaryl/α,β-unsaturated/α-hetero) is 1. The summed E-state index contributed by atoms with van der Waals surface area (Å²) in [5.74, 6) is -1.44. The van der Waals surface area contributed by atoms with Gasteiger partial charge in [-0.1, -0.05) is 19.9 Å². The van der Waals surface area contributed by atoms with Gasteiger partial charge in [-0.2, -0.15) is 0 Å². The van der Waals surface area contributed by atoms with Crippen molar-refractivity contribution in [2.75, 3.05) is 5.32 Å². The Kier molecular flexibility index (Phi) is 4.99. The van der Waals surface area contributed by atoms with Crippen molar-refractivity contribution in [3.63, 3.8) is 0 Å². The van der Waals surface area contributed by atoms with E-state index in [0.717, 1.165) is 17.0 Å². The monoisotopic (exact) mass is 410 g/mol. The van der Waals surface area contributed by atoms with Gasteiger partial charge in [0.05, 0.1) is 5.92 Å². The van der Waals surface area contributed by atoms with Gasteiger partial charge in [-0.25, -0.2) is 4.39 Å². The fraction of sp³-hybridized carbons (Fsp3) is 0.348. The maximum Gasteiger partial charge on any atom is 0.234 e. The van der Waals surface area contributed by atoms with Crippen molar-refractivity contribution in [3.05, 3.63) is 63.7 Å². The molecule has 2 atom stereocenters. The molecule has 6 heteroatoms. The molecule has 0 spiro atoms. The Bertz CT molecular complexity index is 1020. The predicted octanol–water partition coefficient (Wildman–Crippen LogP) is 5.34. The van der Waals surface area contributed by atoms with Gasteiger partial charge in [0.1, 0.15) is 5.82 Å². The average molecular weight is 411 g/mol. The Morgan fingerprint density at radius 1 is 1.21 bits per heavy atom. The molecule has 2 heterocycles. The van der Waals surface area contributed by atoms with E-state index in [1.54, 1.807) is 11.3 Å². The zero-order valence-corrected chi connectivity index (χ0v) is 17.5. The standard InChI is InChI=1S/C23H23FN2O2S/c1-13-19(22(28)26-15-8-6-14(24)7-9-15)21(18-5-4-10-29-18)20-16(25-13)11-23(2,3)12-17(20)27/h4-10,19,21H,11-12H2,1-3H3,(H,26,28)/t19?,21-/m0/s1. The molecule has 0 saturated carbocycles. The summed E-state index contributed by atoms with van der Waals surface area (Å²) in [4.78, 5) is 32.1. The van der Waals surface area contributed by atoms with Crippen LogP contribution in [-0.2, 0) is 9.59 Å². The van der Waals surface area contributed by atoms with E-state index in [1.165, 1.54) is 24.3 Å². The van der Waals surface area contributed by atoms with Crippen molar-refractivity contribution in [1.29, 1.82) is 0 Å². The Hall–Kier alpha value is -2.60. The third-order valence-electron chi connectivity index (χ3n) is 5.55. The molecular weight excluding hydrogens is 387 g/mol. The van der Waals surface area contributed by atoms with Crippen molar-refractivity contribution < 1.29 is 14.0 Å². The van der Waals surface area contributed by atoms with Gasteiger partial charge < -0.3 is 5.32 Å². The van der Waals surface area contributed by atoms with Crippen LogP contribution in [0.4, 0.5) is 10.1 Å². The highest BCUT2D eigenvalue weighted by atomic mass is 32.1. The summed E-state index contributed by atoms with van der Waals surface area (Å²) in [5.41, 5.74) is 2.57. The van der Waals surface area contributed by atoms with Crippen LogP contribution in [0.2, 0.25) is 0 Å². The number of benzene rings is 1. The smallest absolute Gasteiger partial charge is 0.234 e. The number of allylic oxidation sites excluding steroid dienone is 2. The second-order valence-electron chi connectivity index (χ2n) is 8.52. The number of carbonyl (C=O) groups excluding carboxylic acids is 2. The number of thiophene rings is 1. The molecule has 1 aromatic heterocycles. The highest BCUT2D eigenvalue weighted by Gasteiger charge is 2.45. The lowest BCUT2D eigenvalue weighted by molar-refractivity contribution is -0.119. The summed E-state index contributed by atoms with van der Waals surface area (Å²) in [7, 11) is 0. The van der Waals surface area contributed by atoms with E-state index in [2.05, 4.69) is 19.2 Å². The third kappa shape index (κ3) is 3.81. The second-order valence-corrected chi connectivity index (χ2v) is 9.50. The molecule has 1 aliphatic heterocycles. The number of halogens is 1. The summed E-state index contributed by atoms with van der Waals surface area (Å²) in [5, 5.41) is 4.83. The number of aliphatic imine (C=N–C) groups is 1. The zero-order chi connectivity index (χ0) is 20.8. The molecule has 1 unspecified atom stereocenters. The molecule has 1 amide bonds. The van der Waals surface area contributed by atoms with Crippen LogP contribution in [0.25, 0.3) is 0 Å². The summed E-state index contributed by atoms with van der Waals surface area (Å²) < 4.78 is 13.2. The van der Waals surface area contributed by atoms with Gasteiger partial charge in [0.2, 0.25) is 5.91 Å². The molecule has 2 aliphatic rings. The van der Waals surface area contributed by atoms with Crippen molar-refractivity contribution in [2.45, 2.75) is 39.5 Å². The molecule has 1 N–H and O–H groups in total. The molecule has 1 aliphatic carbocycles. The Morgan fingerprint density at radius 3 is 2.59 bits per heavy atom. The fourth-order valence-electron chi connectivity index (χ4n) is 4.31. The van der Waals surface area contributed by atoms with Gasteiger partial charge >= 0.3 is 0 Å². The van der Waals surface area contributed by atoms with Crippen LogP contribution in [0.1, 0.15) is 44.4 Å². The number of ketones is 1. The number of amides is 1. The number of carbonyl (C=O) groups is 2. The molecule has 4 nitrogen and oxygen atoms in total. The predicted molar refractivity (Wildman–Crippen MR) is 114 cm³/mol. The van der Waals surface area contributed by atoms with Gasteiger partial charge in [-0.15, -0.1) is 11.3 Å². The first-order valence-corrected chi connectivity index (χ1v) is 10.5. The highest BCUT2D eigenvalue weighted by molar-refractivity contribution is 7.10.